The van der Waals surface area contributed by atoms with Crippen molar-refractivity contribution in [3.63, 3.8) is 0 Å². The molecule has 0 aliphatic carbocycles. The fraction of sp³-hybridized carbons (Fsp3) is 0.429. The van der Waals surface area contributed by atoms with Crippen LogP contribution >= 0.6 is 43.2 Å². The van der Waals surface area contributed by atoms with Gasteiger partial charge in [0.2, 0.25) is 0 Å². The van der Waals surface area contributed by atoms with Gasteiger partial charge in [-0.25, -0.2) is 0 Å². The lowest BCUT2D eigenvalue weighted by Gasteiger charge is -2.28. The van der Waals surface area contributed by atoms with Crippen LogP contribution in [0.4, 0.5) is 0 Å². The molecule has 1 heterocycles. The molecule has 92 valence electrons. The van der Waals surface area contributed by atoms with E-state index in [2.05, 4.69) is 68.4 Å². The van der Waals surface area contributed by atoms with Crippen LogP contribution < -0.4 is 0 Å². The molecule has 0 saturated carbocycles. The maximum Gasteiger partial charge on any atom is 0.0345 e. The molecule has 0 spiro atoms. The number of halogens is 2. The molecule has 0 aliphatic heterocycles. The Hall–Kier alpha value is 0.140. The Bertz CT molecular complexity index is 477. The summed E-state index contributed by atoms with van der Waals surface area (Å²) in [6, 6.07) is 8.70. The Balaban J connectivity index is 2.34. The lowest BCUT2D eigenvalue weighted by molar-refractivity contribution is 0.375. The smallest absolute Gasteiger partial charge is 0.0345 e. The van der Waals surface area contributed by atoms with Crippen LogP contribution in [0.5, 0.6) is 0 Å². The van der Waals surface area contributed by atoms with Crippen molar-refractivity contribution < 1.29 is 0 Å². The molecule has 0 aliphatic rings. The summed E-state index contributed by atoms with van der Waals surface area (Å²) in [4.78, 5) is 0. The molecule has 2 rings (SSSR count). The lowest BCUT2D eigenvalue weighted by atomic mass is 9.83. The van der Waals surface area contributed by atoms with Crippen LogP contribution in [-0.2, 0) is 6.42 Å². The Labute approximate surface area is 124 Å². The Kier molecular flexibility index (Phi) is 4.67. The molecule has 1 aromatic heterocycles. The maximum atomic E-state index is 3.68. The SMILES string of the molecule is CCC(CBr)(CBr)Cc1csc2ccccc12. The van der Waals surface area contributed by atoms with Crippen molar-refractivity contribution in [3.8, 4) is 0 Å². The molecule has 2 aromatic rings. The predicted octanol–water partition coefficient (Wildman–Crippen LogP) is 5.63. The minimum atomic E-state index is 0.337. The van der Waals surface area contributed by atoms with E-state index in [1.54, 1.807) is 0 Å². The van der Waals surface area contributed by atoms with Gasteiger partial charge in [-0.3, -0.25) is 0 Å². The van der Waals surface area contributed by atoms with Gasteiger partial charge < -0.3 is 0 Å². The summed E-state index contributed by atoms with van der Waals surface area (Å²) in [7, 11) is 0. The fourth-order valence-corrected chi connectivity index (χ4v) is 5.10. The third-order valence-corrected chi connectivity index (χ3v) is 6.83. The van der Waals surface area contributed by atoms with E-state index >= 15 is 0 Å². The molecule has 0 unspecified atom stereocenters. The second-order valence-corrected chi connectivity index (χ2v) is 6.59. The normalized spacial score (nSPS) is 12.2. The molecule has 0 bridgehead atoms. The van der Waals surface area contributed by atoms with Crippen molar-refractivity contribution in [3.05, 3.63) is 35.2 Å². The number of hydrogen-bond donors (Lipinski definition) is 0. The van der Waals surface area contributed by atoms with E-state index in [9.17, 15) is 0 Å². The zero-order chi connectivity index (χ0) is 12.3. The van der Waals surface area contributed by atoms with Gasteiger partial charge in [0, 0.05) is 15.4 Å². The molecule has 0 saturated heterocycles. The Morgan fingerprint density at radius 1 is 1.18 bits per heavy atom. The summed E-state index contributed by atoms with van der Waals surface area (Å²) in [6.45, 7) is 2.27. The molecular weight excluding hydrogens is 360 g/mol. The van der Waals surface area contributed by atoms with E-state index in [0.29, 0.717) is 5.41 Å². The first kappa shape index (κ1) is 13.6. The third-order valence-electron chi connectivity index (χ3n) is 3.44. The monoisotopic (exact) mass is 374 g/mol. The van der Waals surface area contributed by atoms with Crippen LogP contribution in [0.1, 0.15) is 18.9 Å². The topological polar surface area (TPSA) is 0 Å². The number of benzene rings is 1. The van der Waals surface area contributed by atoms with E-state index in [1.165, 1.54) is 22.1 Å². The first-order chi connectivity index (χ1) is 8.24. The number of alkyl halides is 2. The molecule has 0 radical (unpaired) electrons. The van der Waals surface area contributed by atoms with E-state index in [1.807, 2.05) is 11.3 Å². The largest absolute Gasteiger partial charge is 0.144 e. The highest BCUT2D eigenvalue weighted by Gasteiger charge is 2.27. The zero-order valence-electron chi connectivity index (χ0n) is 9.88. The maximum absolute atomic E-state index is 3.68. The van der Waals surface area contributed by atoms with Crippen molar-refractivity contribution >= 4 is 53.3 Å². The lowest BCUT2D eigenvalue weighted by Crippen LogP contribution is -2.26. The summed E-state index contributed by atoms with van der Waals surface area (Å²) in [5.74, 6) is 0. The molecule has 0 atom stereocenters. The van der Waals surface area contributed by atoms with Crippen LogP contribution in [0.25, 0.3) is 10.1 Å². The Morgan fingerprint density at radius 2 is 1.88 bits per heavy atom. The van der Waals surface area contributed by atoms with E-state index < -0.39 is 0 Å². The van der Waals surface area contributed by atoms with E-state index in [4.69, 9.17) is 0 Å². The number of fused-ring (bicyclic) bond motifs is 1. The van der Waals surface area contributed by atoms with Crippen molar-refractivity contribution in [1.82, 2.24) is 0 Å². The average Bonchev–Trinajstić information content (AvgIpc) is 2.79. The van der Waals surface area contributed by atoms with Gasteiger partial charge in [0.25, 0.3) is 0 Å². The van der Waals surface area contributed by atoms with Crippen molar-refractivity contribution in [2.75, 3.05) is 10.7 Å². The molecule has 0 fully saturated rings. The van der Waals surface area contributed by atoms with E-state index in [0.717, 1.165) is 17.1 Å². The fourth-order valence-electron chi connectivity index (χ4n) is 2.02. The summed E-state index contributed by atoms with van der Waals surface area (Å²) < 4.78 is 1.40. The predicted molar refractivity (Wildman–Crippen MR) is 85.8 cm³/mol. The van der Waals surface area contributed by atoms with Gasteiger partial charge in [-0.2, -0.15) is 0 Å². The average molecular weight is 376 g/mol. The quantitative estimate of drug-likeness (QED) is 0.594. The van der Waals surface area contributed by atoms with Gasteiger partial charge in [-0.05, 0) is 40.7 Å². The first-order valence-electron chi connectivity index (χ1n) is 5.82. The highest BCUT2D eigenvalue weighted by atomic mass is 79.9. The molecular formula is C14H16Br2S. The molecule has 0 nitrogen and oxygen atoms in total. The Morgan fingerprint density at radius 3 is 2.53 bits per heavy atom. The zero-order valence-corrected chi connectivity index (χ0v) is 13.9. The van der Waals surface area contributed by atoms with E-state index in [-0.39, 0.29) is 0 Å². The van der Waals surface area contributed by atoms with Crippen molar-refractivity contribution in [1.29, 1.82) is 0 Å². The van der Waals surface area contributed by atoms with Crippen LogP contribution in [-0.4, -0.2) is 10.7 Å². The van der Waals surface area contributed by atoms with Gasteiger partial charge in [0.15, 0.2) is 0 Å². The number of thiophene rings is 1. The minimum Gasteiger partial charge on any atom is -0.144 e. The van der Waals surface area contributed by atoms with Crippen molar-refractivity contribution in [2.45, 2.75) is 19.8 Å². The summed E-state index contributed by atoms with van der Waals surface area (Å²) in [6.07, 6.45) is 2.33. The summed E-state index contributed by atoms with van der Waals surface area (Å²) in [5.41, 5.74) is 1.83. The minimum absolute atomic E-state index is 0.337. The molecule has 17 heavy (non-hydrogen) atoms. The number of rotatable bonds is 5. The van der Waals surface area contributed by atoms with Gasteiger partial charge >= 0.3 is 0 Å². The first-order valence-corrected chi connectivity index (χ1v) is 8.94. The third kappa shape index (κ3) is 2.77. The van der Waals surface area contributed by atoms with Gasteiger partial charge in [-0.15, -0.1) is 11.3 Å². The second kappa shape index (κ2) is 5.85. The molecule has 1 aromatic carbocycles. The van der Waals surface area contributed by atoms with Gasteiger partial charge in [0.05, 0.1) is 0 Å². The van der Waals surface area contributed by atoms with Gasteiger partial charge in [0.1, 0.15) is 0 Å². The van der Waals surface area contributed by atoms with Crippen molar-refractivity contribution in [2.24, 2.45) is 5.41 Å². The van der Waals surface area contributed by atoms with Crippen LogP contribution in [0.3, 0.4) is 0 Å². The summed E-state index contributed by atoms with van der Waals surface area (Å²) in [5, 5.41) is 5.84. The molecule has 3 heteroatoms. The highest BCUT2D eigenvalue weighted by molar-refractivity contribution is 9.09. The molecule has 0 amide bonds. The van der Waals surface area contributed by atoms with Crippen LogP contribution in [0.2, 0.25) is 0 Å². The van der Waals surface area contributed by atoms with Gasteiger partial charge in [-0.1, -0.05) is 57.0 Å². The van der Waals surface area contributed by atoms with Crippen LogP contribution in [0, 0.1) is 5.41 Å². The van der Waals surface area contributed by atoms with Crippen LogP contribution in [0.15, 0.2) is 29.6 Å². The number of hydrogen-bond acceptors (Lipinski definition) is 1. The summed E-state index contributed by atoms with van der Waals surface area (Å²) >= 11 is 9.21. The molecule has 0 N–H and O–H groups in total. The highest BCUT2D eigenvalue weighted by Crippen LogP contribution is 2.36. The standard InChI is InChI=1S/C14H16Br2S/c1-2-14(9-15,10-16)7-11-8-17-13-6-4-3-5-12(11)13/h3-6,8H,2,7,9-10H2,1H3. The second-order valence-electron chi connectivity index (χ2n) is 4.55.